The monoisotopic (exact) mass is 246 g/mol. The van der Waals surface area contributed by atoms with Crippen molar-refractivity contribution in [3.8, 4) is 0 Å². The van der Waals surface area contributed by atoms with Crippen LogP contribution in [0.25, 0.3) is 0 Å². The van der Waals surface area contributed by atoms with Crippen LogP contribution in [0.15, 0.2) is 0 Å². The summed E-state index contributed by atoms with van der Waals surface area (Å²) in [6, 6.07) is 0. The number of carbonyl (C=O) groups excluding carboxylic acids is 1. The zero-order chi connectivity index (χ0) is 11.9. The second-order valence-electron chi connectivity index (χ2n) is 2.85. The van der Waals surface area contributed by atoms with E-state index in [2.05, 4.69) is 5.32 Å². The molecule has 0 aromatic rings. The van der Waals surface area contributed by atoms with Crippen LogP contribution in [0, 0.1) is 0 Å². The Morgan fingerprint density at radius 1 is 1.40 bits per heavy atom. The molecule has 0 spiro atoms. The summed E-state index contributed by atoms with van der Waals surface area (Å²) in [5.41, 5.74) is 0. The van der Waals surface area contributed by atoms with Gasteiger partial charge >= 0.3 is 6.18 Å². The second kappa shape index (κ2) is 6.78. The van der Waals surface area contributed by atoms with E-state index in [4.69, 9.17) is 0 Å². The largest absolute Gasteiger partial charge is 0.401 e. The number of hydrogen-bond acceptors (Lipinski definition) is 3. The number of hydrogen-bond donors (Lipinski definition) is 2. The van der Waals surface area contributed by atoms with Crippen LogP contribution in [0.5, 0.6) is 0 Å². The third-order valence-electron chi connectivity index (χ3n) is 1.32. The SMILES string of the molecule is CS(=O)CCNC(=O)CNCC(F)(F)F. The Balaban J connectivity index is 3.46. The number of rotatable bonds is 6. The standard InChI is InChI=1S/C7H13F3N2O2S/c1-15(14)3-2-12-6(13)4-11-5-7(8,9)10/h11H,2-5H2,1H3,(H,12,13). The fourth-order valence-corrected chi connectivity index (χ4v) is 1.10. The minimum absolute atomic E-state index is 0.204. The van der Waals surface area contributed by atoms with E-state index < -0.39 is 36.0 Å². The topological polar surface area (TPSA) is 58.2 Å². The Morgan fingerprint density at radius 2 is 2.00 bits per heavy atom. The van der Waals surface area contributed by atoms with E-state index in [0.717, 1.165) is 0 Å². The highest BCUT2D eigenvalue weighted by Gasteiger charge is 2.26. The van der Waals surface area contributed by atoms with E-state index in [-0.39, 0.29) is 6.54 Å². The van der Waals surface area contributed by atoms with Crippen LogP contribution in [-0.2, 0) is 15.6 Å². The highest BCUT2D eigenvalue weighted by Crippen LogP contribution is 2.11. The molecule has 8 heteroatoms. The highest BCUT2D eigenvalue weighted by atomic mass is 32.2. The molecular formula is C7H13F3N2O2S. The van der Waals surface area contributed by atoms with Crippen LogP contribution in [0.1, 0.15) is 0 Å². The number of alkyl halides is 3. The quantitative estimate of drug-likeness (QED) is 0.672. The van der Waals surface area contributed by atoms with Crippen molar-refractivity contribution in [2.24, 2.45) is 0 Å². The molecule has 0 aromatic carbocycles. The first-order valence-electron chi connectivity index (χ1n) is 4.15. The van der Waals surface area contributed by atoms with Crippen molar-refractivity contribution in [3.63, 3.8) is 0 Å². The van der Waals surface area contributed by atoms with Gasteiger partial charge in [-0.2, -0.15) is 13.2 Å². The van der Waals surface area contributed by atoms with Crippen LogP contribution in [0.2, 0.25) is 0 Å². The predicted molar refractivity (Wildman–Crippen MR) is 50.9 cm³/mol. The first kappa shape index (κ1) is 14.4. The average molecular weight is 246 g/mol. The molecule has 1 amide bonds. The van der Waals surface area contributed by atoms with Gasteiger partial charge in [0.1, 0.15) is 0 Å². The van der Waals surface area contributed by atoms with Gasteiger partial charge in [-0.15, -0.1) is 0 Å². The molecule has 15 heavy (non-hydrogen) atoms. The predicted octanol–water partition coefficient (Wildman–Crippen LogP) is -0.367. The fraction of sp³-hybridized carbons (Fsp3) is 0.857. The van der Waals surface area contributed by atoms with Gasteiger partial charge in [0, 0.05) is 29.4 Å². The molecule has 0 radical (unpaired) electrons. The summed E-state index contributed by atoms with van der Waals surface area (Å²) < 4.78 is 45.5. The van der Waals surface area contributed by atoms with Crippen LogP contribution >= 0.6 is 0 Å². The number of carbonyl (C=O) groups is 1. The smallest absolute Gasteiger partial charge is 0.354 e. The number of amides is 1. The summed E-state index contributed by atoms with van der Waals surface area (Å²) in [4.78, 5) is 10.9. The Morgan fingerprint density at radius 3 is 2.47 bits per heavy atom. The van der Waals surface area contributed by atoms with Gasteiger partial charge in [-0.3, -0.25) is 9.00 Å². The highest BCUT2D eigenvalue weighted by molar-refractivity contribution is 7.84. The molecule has 0 saturated carbocycles. The molecule has 0 fully saturated rings. The van der Waals surface area contributed by atoms with Gasteiger partial charge in [0.05, 0.1) is 13.1 Å². The molecule has 0 bridgehead atoms. The van der Waals surface area contributed by atoms with E-state index >= 15 is 0 Å². The maximum atomic E-state index is 11.6. The minimum atomic E-state index is -4.31. The van der Waals surface area contributed by atoms with E-state index in [1.54, 1.807) is 0 Å². The Kier molecular flexibility index (Phi) is 6.50. The number of halogens is 3. The van der Waals surface area contributed by atoms with E-state index in [0.29, 0.717) is 5.75 Å². The summed E-state index contributed by atoms with van der Waals surface area (Å²) in [7, 11) is -1.02. The first-order valence-corrected chi connectivity index (χ1v) is 5.88. The molecule has 1 unspecified atom stereocenters. The fourth-order valence-electron chi connectivity index (χ4n) is 0.714. The average Bonchev–Trinajstić information content (AvgIpc) is 2.00. The maximum Gasteiger partial charge on any atom is 0.401 e. The maximum absolute atomic E-state index is 11.6. The summed E-state index contributed by atoms with van der Waals surface area (Å²) >= 11 is 0. The van der Waals surface area contributed by atoms with Gasteiger partial charge in [-0.05, 0) is 0 Å². The summed E-state index contributed by atoms with van der Waals surface area (Å²) in [6.45, 7) is -1.38. The lowest BCUT2D eigenvalue weighted by Crippen LogP contribution is -2.39. The summed E-state index contributed by atoms with van der Waals surface area (Å²) in [6.07, 6.45) is -2.83. The lowest BCUT2D eigenvalue weighted by atomic mass is 10.5. The van der Waals surface area contributed by atoms with Crippen molar-refractivity contribution < 1.29 is 22.2 Å². The molecule has 90 valence electrons. The first-order chi connectivity index (χ1) is 6.81. The van der Waals surface area contributed by atoms with E-state index in [1.165, 1.54) is 6.26 Å². The van der Waals surface area contributed by atoms with Crippen LogP contribution in [0.4, 0.5) is 13.2 Å². The molecule has 0 aliphatic rings. The third-order valence-corrected chi connectivity index (χ3v) is 2.10. The molecule has 4 nitrogen and oxygen atoms in total. The third kappa shape index (κ3) is 11.3. The second-order valence-corrected chi connectivity index (χ2v) is 4.40. The lowest BCUT2D eigenvalue weighted by Gasteiger charge is -2.08. The minimum Gasteiger partial charge on any atom is -0.354 e. The van der Waals surface area contributed by atoms with Crippen molar-refractivity contribution in [3.05, 3.63) is 0 Å². The molecule has 2 N–H and O–H groups in total. The molecule has 0 saturated heterocycles. The van der Waals surface area contributed by atoms with Crippen molar-refractivity contribution in [1.82, 2.24) is 10.6 Å². The van der Waals surface area contributed by atoms with Crippen molar-refractivity contribution >= 4 is 16.7 Å². The zero-order valence-electron chi connectivity index (χ0n) is 8.19. The lowest BCUT2D eigenvalue weighted by molar-refractivity contribution is -0.128. The van der Waals surface area contributed by atoms with E-state index in [1.807, 2.05) is 5.32 Å². The van der Waals surface area contributed by atoms with Gasteiger partial charge in [0.25, 0.3) is 0 Å². The summed E-state index contributed by atoms with van der Waals surface area (Å²) in [5, 5.41) is 4.29. The van der Waals surface area contributed by atoms with Gasteiger partial charge in [-0.1, -0.05) is 0 Å². The Hall–Kier alpha value is -0.630. The molecule has 1 atom stereocenters. The van der Waals surface area contributed by atoms with E-state index in [9.17, 15) is 22.2 Å². The Labute approximate surface area is 88.1 Å². The van der Waals surface area contributed by atoms with Gasteiger partial charge in [0.15, 0.2) is 0 Å². The molecule has 0 aliphatic carbocycles. The van der Waals surface area contributed by atoms with Gasteiger partial charge < -0.3 is 10.6 Å². The van der Waals surface area contributed by atoms with Crippen LogP contribution in [0.3, 0.4) is 0 Å². The van der Waals surface area contributed by atoms with Crippen molar-refractivity contribution in [2.75, 3.05) is 31.6 Å². The normalized spacial score (nSPS) is 13.6. The molecular weight excluding hydrogens is 233 g/mol. The molecule has 0 rings (SSSR count). The van der Waals surface area contributed by atoms with Crippen LogP contribution in [-0.4, -0.2) is 47.9 Å². The zero-order valence-corrected chi connectivity index (χ0v) is 9.00. The summed E-state index contributed by atoms with van der Waals surface area (Å²) in [5.74, 6) is -0.241. The van der Waals surface area contributed by atoms with Gasteiger partial charge in [0.2, 0.25) is 5.91 Å². The Bertz CT molecular complexity index is 233. The number of nitrogens with one attached hydrogen (secondary N) is 2. The molecule has 0 aliphatic heterocycles. The van der Waals surface area contributed by atoms with Gasteiger partial charge in [-0.25, -0.2) is 0 Å². The van der Waals surface area contributed by atoms with Crippen LogP contribution < -0.4 is 10.6 Å². The van der Waals surface area contributed by atoms with Crippen molar-refractivity contribution in [2.45, 2.75) is 6.18 Å². The molecule has 0 heterocycles. The van der Waals surface area contributed by atoms with Crippen molar-refractivity contribution in [1.29, 1.82) is 0 Å². The molecule has 0 aromatic heterocycles.